The van der Waals surface area contributed by atoms with Crippen LogP contribution in [0.2, 0.25) is 0 Å². The van der Waals surface area contributed by atoms with Crippen molar-refractivity contribution < 1.29 is 4.74 Å². The van der Waals surface area contributed by atoms with Gasteiger partial charge in [-0.1, -0.05) is 13.0 Å². The highest BCUT2D eigenvalue weighted by molar-refractivity contribution is 5.37. The maximum atomic E-state index is 5.51. The Morgan fingerprint density at radius 2 is 2.13 bits per heavy atom. The molecule has 0 unspecified atom stereocenters. The van der Waals surface area contributed by atoms with Crippen LogP contribution in [0.15, 0.2) is 18.2 Å². The van der Waals surface area contributed by atoms with Crippen LogP contribution >= 0.6 is 0 Å². The number of hydrogen-bond acceptors (Lipinski definition) is 2. The van der Waals surface area contributed by atoms with Gasteiger partial charge in [-0.15, -0.1) is 0 Å². The summed E-state index contributed by atoms with van der Waals surface area (Å²) in [5.41, 5.74) is 2.93. The Bertz CT molecular complexity index is 335. The zero-order chi connectivity index (χ0) is 10.7. The molecule has 1 aliphatic heterocycles. The van der Waals surface area contributed by atoms with E-state index >= 15 is 0 Å². The summed E-state index contributed by atoms with van der Waals surface area (Å²) in [6.07, 6.45) is 1.16. The van der Waals surface area contributed by atoms with Gasteiger partial charge < -0.3 is 4.74 Å². The molecule has 82 valence electrons. The van der Waals surface area contributed by atoms with Gasteiger partial charge in [0.2, 0.25) is 0 Å². The minimum Gasteiger partial charge on any atom is -0.494 e. The number of fused-ring (bicyclic) bond motifs is 1. The predicted octanol–water partition coefficient (Wildman–Crippen LogP) is 2.46. The summed E-state index contributed by atoms with van der Waals surface area (Å²) < 4.78 is 5.51. The highest BCUT2D eigenvalue weighted by Crippen LogP contribution is 2.23. The Morgan fingerprint density at radius 1 is 1.27 bits per heavy atom. The molecule has 2 rings (SSSR count). The lowest BCUT2D eigenvalue weighted by atomic mass is 9.99. The van der Waals surface area contributed by atoms with Crippen LogP contribution in [0.25, 0.3) is 0 Å². The van der Waals surface area contributed by atoms with Crippen LogP contribution in [0, 0.1) is 0 Å². The van der Waals surface area contributed by atoms with E-state index in [4.69, 9.17) is 4.74 Å². The molecule has 0 fully saturated rings. The van der Waals surface area contributed by atoms with Crippen molar-refractivity contribution in [3.63, 3.8) is 0 Å². The van der Waals surface area contributed by atoms with E-state index in [0.29, 0.717) is 0 Å². The van der Waals surface area contributed by atoms with Gasteiger partial charge in [0.05, 0.1) is 6.61 Å². The Labute approximate surface area is 91.9 Å². The quantitative estimate of drug-likeness (QED) is 0.751. The Balaban J connectivity index is 2.17. The molecule has 2 nitrogen and oxygen atoms in total. The smallest absolute Gasteiger partial charge is 0.119 e. The van der Waals surface area contributed by atoms with Crippen LogP contribution < -0.4 is 4.74 Å². The topological polar surface area (TPSA) is 12.5 Å². The lowest BCUT2D eigenvalue weighted by Gasteiger charge is -2.27. The third kappa shape index (κ3) is 2.32. The second kappa shape index (κ2) is 4.67. The third-order valence-corrected chi connectivity index (χ3v) is 3.03. The maximum absolute atomic E-state index is 5.51. The van der Waals surface area contributed by atoms with Gasteiger partial charge in [0.25, 0.3) is 0 Å². The van der Waals surface area contributed by atoms with Crippen LogP contribution in [0.3, 0.4) is 0 Å². The molecule has 0 bridgehead atoms. The zero-order valence-corrected chi connectivity index (χ0v) is 9.62. The fourth-order valence-electron chi connectivity index (χ4n) is 2.11. The first kappa shape index (κ1) is 10.5. The molecule has 0 saturated heterocycles. The molecule has 1 aromatic rings. The summed E-state index contributed by atoms with van der Waals surface area (Å²) in [5, 5.41) is 0. The van der Waals surface area contributed by atoms with Gasteiger partial charge in [-0.05, 0) is 43.1 Å². The molecule has 2 heteroatoms. The van der Waals surface area contributed by atoms with Crippen molar-refractivity contribution in [2.45, 2.75) is 26.8 Å². The zero-order valence-electron chi connectivity index (χ0n) is 9.62. The molecule has 0 amide bonds. The predicted molar refractivity (Wildman–Crippen MR) is 62.3 cm³/mol. The molecule has 0 aromatic heterocycles. The second-order valence-electron chi connectivity index (χ2n) is 3.98. The van der Waals surface area contributed by atoms with Gasteiger partial charge in [-0.25, -0.2) is 0 Å². The van der Waals surface area contributed by atoms with Crippen molar-refractivity contribution in [1.29, 1.82) is 0 Å². The fourth-order valence-corrected chi connectivity index (χ4v) is 2.11. The lowest BCUT2D eigenvalue weighted by Crippen LogP contribution is -2.30. The van der Waals surface area contributed by atoms with E-state index in [1.165, 1.54) is 17.7 Å². The Hall–Kier alpha value is -1.02. The van der Waals surface area contributed by atoms with E-state index < -0.39 is 0 Å². The van der Waals surface area contributed by atoms with E-state index in [2.05, 4.69) is 30.0 Å². The molecule has 0 N–H and O–H groups in total. The third-order valence-electron chi connectivity index (χ3n) is 3.03. The monoisotopic (exact) mass is 205 g/mol. The molecule has 0 aliphatic carbocycles. The summed E-state index contributed by atoms with van der Waals surface area (Å²) in [7, 11) is 0. The van der Waals surface area contributed by atoms with Crippen molar-refractivity contribution in [3.8, 4) is 5.75 Å². The first-order valence-electron chi connectivity index (χ1n) is 5.80. The van der Waals surface area contributed by atoms with Crippen LogP contribution in [0.5, 0.6) is 5.75 Å². The minimum absolute atomic E-state index is 0.750. The molecule has 0 spiro atoms. The number of nitrogens with zero attached hydrogens (tertiary/aromatic N) is 1. The number of likely N-dealkylation sites (N-methyl/N-ethyl adjacent to an activating group) is 1. The molecule has 0 radical (unpaired) electrons. The van der Waals surface area contributed by atoms with E-state index in [0.717, 1.165) is 31.9 Å². The number of ether oxygens (including phenoxy) is 1. The number of hydrogen-bond donors (Lipinski definition) is 0. The van der Waals surface area contributed by atoms with Crippen LogP contribution in [-0.2, 0) is 13.0 Å². The molecule has 0 atom stereocenters. The summed E-state index contributed by atoms with van der Waals surface area (Å²) in [6.45, 7) is 8.42. The van der Waals surface area contributed by atoms with Gasteiger partial charge in [-0.3, -0.25) is 4.90 Å². The minimum atomic E-state index is 0.750. The van der Waals surface area contributed by atoms with E-state index in [9.17, 15) is 0 Å². The summed E-state index contributed by atoms with van der Waals surface area (Å²) in [4.78, 5) is 2.47. The Morgan fingerprint density at radius 3 is 2.87 bits per heavy atom. The summed E-state index contributed by atoms with van der Waals surface area (Å²) >= 11 is 0. The molecule has 1 heterocycles. The van der Waals surface area contributed by atoms with Crippen molar-refractivity contribution in [2.24, 2.45) is 0 Å². The van der Waals surface area contributed by atoms with E-state index in [1.54, 1.807) is 0 Å². The summed E-state index contributed by atoms with van der Waals surface area (Å²) in [6, 6.07) is 6.50. The van der Waals surface area contributed by atoms with Gasteiger partial charge in [-0.2, -0.15) is 0 Å². The maximum Gasteiger partial charge on any atom is 0.119 e. The molecule has 1 aliphatic rings. The van der Waals surface area contributed by atoms with Crippen molar-refractivity contribution >= 4 is 0 Å². The number of benzene rings is 1. The van der Waals surface area contributed by atoms with Gasteiger partial charge in [0.1, 0.15) is 5.75 Å². The van der Waals surface area contributed by atoms with Gasteiger partial charge >= 0.3 is 0 Å². The largest absolute Gasteiger partial charge is 0.494 e. The van der Waals surface area contributed by atoms with Crippen molar-refractivity contribution in [3.05, 3.63) is 29.3 Å². The van der Waals surface area contributed by atoms with Gasteiger partial charge in [0, 0.05) is 13.1 Å². The average molecular weight is 205 g/mol. The molecular formula is C13H19NO. The normalized spacial score (nSPS) is 16.1. The molecule has 15 heavy (non-hydrogen) atoms. The molecule has 0 saturated carbocycles. The Kier molecular flexibility index (Phi) is 3.27. The van der Waals surface area contributed by atoms with Crippen LogP contribution in [0.1, 0.15) is 25.0 Å². The van der Waals surface area contributed by atoms with Gasteiger partial charge in [0.15, 0.2) is 0 Å². The average Bonchev–Trinajstić information content (AvgIpc) is 2.29. The molecule has 1 aromatic carbocycles. The highest BCUT2D eigenvalue weighted by Gasteiger charge is 2.14. The number of rotatable bonds is 3. The van der Waals surface area contributed by atoms with Crippen LogP contribution in [-0.4, -0.2) is 24.6 Å². The lowest BCUT2D eigenvalue weighted by molar-refractivity contribution is 0.267. The van der Waals surface area contributed by atoms with Crippen molar-refractivity contribution in [2.75, 3.05) is 19.7 Å². The second-order valence-corrected chi connectivity index (χ2v) is 3.98. The summed E-state index contributed by atoms with van der Waals surface area (Å²) in [5.74, 6) is 1.01. The van der Waals surface area contributed by atoms with Crippen LogP contribution in [0.4, 0.5) is 0 Å². The van der Waals surface area contributed by atoms with E-state index in [-0.39, 0.29) is 0 Å². The first-order chi connectivity index (χ1) is 7.33. The van der Waals surface area contributed by atoms with Crippen molar-refractivity contribution in [1.82, 2.24) is 4.90 Å². The standard InChI is InChI=1S/C13H19NO/c1-3-14-8-7-11-9-13(15-4-2)6-5-12(11)10-14/h5-6,9H,3-4,7-8,10H2,1-2H3. The SMILES string of the molecule is CCOc1ccc2c(c1)CCN(CC)C2. The fraction of sp³-hybridized carbons (Fsp3) is 0.538. The highest BCUT2D eigenvalue weighted by atomic mass is 16.5. The molecular weight excluding hydrogens is 186 g/mol. The van der Waals surface area contributed by atoms with E-state index in [1.807, 2.05) is 6.92 Å². The first-order valence-corrected chi connectivity index (χ1v) is 5.80.